The number of nitrogens with zero attached hydrogens (tertiary/aromatic N) is 3. The predicted molar refractivity (Wildman–Crippen MR) is 111 cm³/mol. The van der Waals surface area contributed by atoms with E-state index in [1.807, 2.05) is 24.3 Å². The van der Waals surface area contributed by atoms with E-state index < -0.39 is 0 Å². The molecule has 1 N–H and O–H groups in total. The van der Waals surface area contributed by atoms with Crippen LogP contribution in [0.25, 0.3) is 0 Å². The molecular weight excluding hydrogens is 352 g/mol. The lowest BCUT2D eigenvalue weighted by Gasteiger charge is -2.34. The number of benzene rings is 1. The first-order valence-electron chi connectivity index (χ1n) is 9.63. The third-order valence-corrected chi connectivity index (χ3v) is 5.01. The lowest BCUT2D eigenvalue weighted by atomic mass is 9.86. The van der Waals surface area contributed by atoms with E-state index >= 15 is 0 Å². The van der Waals surface area contributed by atoms with Crippen LogP contribution in [0.2, 0.25) is 0 Å². The molecule has 0 bridgehead atoms. The minimum absolute atomic E-state index is 0.00562. The molecule has 2 aromatic rings. The van der Waals surface area contributed by atoms with Crippen LogP contribution in [-0.4, -0.2) is 52.8 Å². The second-order valence-corrected chi connectivity index (χ2v) is 8.15. The van der Waals surface area contributed by atoms with Crippen molar-refractivity contribution in [1.29, 1.82) is 0 Å². The predicted octanol–water partition coefficient (Wildman–Crippen LogP) is 3.43. The standard InChI is InChI=1S/C22H28N4O2/c1-16(27)25-11-13-26(14-12-25)21(28)20-15-17(9-10-23-20)24-19-8-6-5-7-18(19)22(2,3)4/h5-10,15H,11-14H2,1-4H3,(H,23,24). The van der Waals surface area contributed by atoms with Crippen molar-refractivity contribution < 1.29 is 9.59 Å². The molecule has 6 heteroatoms. The van der Waals surface area contributed by atoms with E-state index in [-0.39, 0.29) is 17.2 Å². The van der Waals surface area contributed by atoms with Gasteiger partial charge in [-0.25, -0.2) is 0 Å². The summed E-state index contributed by atoms with van der Waals surface area (Å²) in [6.07, 6.45) is 1.65. The van der Waals surface area contributed by atoms with Gasteiger partial charge in [0.25, 0.3) is 5.91 Å². The largest absolute Gasteiger partial charge is 0.355 e. The molecule has 0 aliphatic carbocycles. The molecule has 1 aliphatic rings. The monoisotopic (exact) mass is 380 g/mol. The molecule has 0 saturated carbocycles. The average molecular weight is 380 g/mol. The summed E-state index contributed by atoms with van der Waals surface area (Å²) in [5.74, 6) is -0.0510. The zero-order valence-electron chi connectivity index (χ0n) is 17.0. The Morgan fingerprint density at radius 3 is 2.29 bits per heavy atom. The van der Waals surface area contributed by atoms with Crippen molar-refractivity contribution in [1.82, 2.24) is 14.8 Å². The fourth-order valence-electron chi connectivity index (χ4n) is 3.41. The molecule has 2 amide bonds. The summed E-state index contributed by atoms with van der Waals surface area (Å²) in [4.78, 5) is 32.1. The zero-order chi connectivity index (χ0) is 20.3. The van der Waals surface area contributed by atoms with Crippen molar-refractivity contribution in [3.05, 3.63) is 53.9 Å². The molecule has 1 saturated heterocycles. The van der Waals surface area contributed by atoms with Crippen molar-refractivity contribution in [3.8, 4) is 0 Å². The van der Waals surface area contributed by atoms with Gasteiger partial charge in [-0.15, -0.1) is 0 Å². The van der Waals surface area contributed by atoms with Gasteiger partial charge in [0, 0.05) is 50.7 Å². The van der Waals surface area contributed by atoms with Crippen LogP contribution < -0.4 is 5.32 Å². The molecule has 0 spiro atoms. The number of amides is 2. The minimum Gasteiger partial charge on any atom is -0.355 e. The Balaban J connectivity index is 1.75. The fraction of sp³-hybridized carbons (Fsp3) is 0.409. The Labute approximate surface area is 166 Å². The molecule has 6 nitrogen and oxygen atoms in total. The van der Waals surface area contributed by atoms with Crippen molar-refractivity contribution in [2.75, 3.05) is 31.5 Å². The van der Waals surface area contributed by atoms with Crippen LogP contribution in [0.15, 0.2) is 42.6 Å². The molecule has 1 aromatic heterocycles. The van der Waals surface area contributed by atoms with Gasteiger partial charge in [-0.2, -0.15) is 0 Å². The minimum atomic E-state index is -0.101. The highest BCUT2D eigenvalue weighted by Gasteiger charge is 2.24. The summed E-state index contributed by atoms with van der Waals surface area (Å²) in [5.41, 5.74) is 3.48. The number of anilines is 2. The molecule has 0 atom stereocenters. The number of hydrogen-bond acceptors (Lipinski definition) is 4. The highest BCUT2D eigenvalue weighted by atomic mass is 16.2. The topological polar surface area (TPSA) is 65.5 Å². The summed E-state index contributed by atoms with van der Waals surface area (Å²) >= 11 is 0. The smallest absolute Gasteiger partial charge is 0.272 e. The first-order valence-corrected chi connectivity index (χ1v) is 9.63. The van der Waals surface area contributed by atoms with Gasteiger partial charge in [-0.1, -0.05) is 39.0 Å². The van der Waals surface area contributed by atoms with Gasteiger partial charge in [0.15, 0.2) is 0 Å². The van der Waals surface area contributed by atoms with Crippen LogP contribution in [0.3, 0.4) is 0 Å². The SMILES string of the molecule is CC(=O)N1CCN(C(=O)c2cc(Nc3ccccc3C(C)(C)C)ccn2)CC1. The average Bonchev–Trinajstić information content (AvgIpc) is 2.67. The molecule has 1 fully saturated rings. The zero-order valence-corrected chi connectivity index (χ0v) is 17.0. The molecule has 148 valence electrons. The van der Waals surface area contributed by atoms with Crippen LogP contribution in [-0.2, 0) is 10.2 Å². The van der Waals surface area contributed by atoms with Gasteiger partial charge in [-0.3, -0.25) is 14.6 Å². The third-order valence-electron chi connectivity index (χ3n) is 5.01. The van der Waals surface area contributed by atoms with Gasteiger partial charge in [0.2, 0.25) is 5.91 Å². The van der Waals surface area contributed by atoms with E-state index in [1.165, 1.54) is 5.56 Å². The summed E-state index contributed by atoms with van der Waals surface area (Å²) in [6, 6.07) is 11.9. The molecule has 3 rings (SSSR count). The molecule has 2 heterocycles. The highest BCUT2D eigenvalue weighted by Crippen LogP contribution is 2.31. The summed E-state index contributed by atoms with van der Waals surface area (Å²) in [6.45, 7) is 10.3. The van der Waals surface area contributed by atoms with Crippen molar-refractivity contribution in [3.63, 3.8) is 0 Å². The van der Waals surface area contributed by atoms with E-state index in [0.29, 0.717) is 31.9 Å². The second-order valence-electron chi connectivity index (χ2n) is 8.15. The van der Waals surface area contributed by atoms with Crippen molar-refractivity contribution in [2.24, 2.45) is 0 Å². The number of aromatic nitrogens is 1. The molecule has 1 aliphatic heterocycles. The fourth-order valence-corrected chi connectivity index (χ4v) is 3.41. The first-order chi connectivity index (χ1) is 13.3. The first kappa shape index (κ1) is 19.9. The maximum atomic E-state index is 12.8. The number of carbonyl (C=O) groups excluding carboxylic acids is 2. The molecular formula is C22H28N4O2. The Hall–Kier alpha value is -2.89. The normalized spacial score (nSPS) is 14.7. The third kappa shape index (κ3) is 4.50. The Bertz CT molecular complexity index is 865. The maximum absolute atomic E-state index is 12.8. The molecule has 0 radical (unpaired) electrons. The number of nitrogens with one attached hydrogen (secondary N) is 1. The van der Waals surface area contributed by atoms with Crippen LogP contribution in [0.4, 0.5) is 11.4 Å². The number of para-hydroxylation sites is 1. The van der Waals surface area contributed by atoms with Crippen molar-refractivity contribution in [2.45, 2.75) is 33.1 Å². The Morgan fingerprint density at radius 2 is 1.64 bits per heavy atom. The van der Waals surface area contributed by atoms with E-state index in [1.54, 1.807) is 29.0 Å². The van der Waals surface area contributed by atoms with Crippen LogP contribution in [0.1, 0.15) is 43.7 Å². The van der Waals surface area contributed by atoms with Crippen molar-refractivity contribution >= 4 is 23.2 Å². The van der Waals surface area contributed by atoms with E-state index in [2.05, 4.69) is 37.1 Å². The number of hydrogen-bond donors (Lipinski definition) is 1. The number of carbonyl (C=O) groups is 2. The quantitative estimate of drug-likeness (QED) is 0.886. The maximum Gasteiger partial charge on any atom is 0.272 e. The highest BCUT2D eigenvalue weighted by molar-refractivity contribution is 5.93. The lowest BCUT2D eigenvalue weighted by molar-refractivity contribution is -0.130. The summed E-state index contributed by atoms with van der Waals surface area (Å²) in [7, 11) is 0. The van der Waals surface area contributed by atoms with Gasteiger partial charge < -0.3 is 15.1 Å². The second kappa shape index (κ2) is 8.00. The van der Waals surface area contributed by atoms with Gasteiger partial charge in [0.05, 0.1) is 0 Å². The number of piperazine rings is 1. The number of pyridine rings is 1. The van der Waals surface area contributed by atoms with E-state index in [9.17, 15) is 9.59 Å². The molecule has 1 aromatic carbocycles. The lowest BCUT2D eigenvalue weighted by Crippen LogP contribution is -2.50. The van der Waals surface area contributed by atoms with Gasteiger partial charge in [0.1, 0.15) is 5.69 Å². The van der Waals surface area contributed by atoms with Crippen LogP contribution in [0, 0.1) is 0 Å². The van der Waals surface area contributed by atoms with Gasteiger partial charge in [-0.05, 0) is 29.2 Å². The van der Waals surface area contributed by atoms with E-state index in [4.69, 9.17) is 0 Å². The van der Waals surface area contributed by atoms with Crippen LogP contribution >= 0.6 is 0 Å². The van der Waals surface area contributed by atoms with Gasteiger partial charge >= 0.3 is 0 Å². The summed E-state index contributed by atoms with van der Waals surface area (Å²) < 4.78 is 0. The molecule has 0 unspecified atom stereocenters. The Kier molecular flexibility index (Phi) is 5.68. The van der Waals surface area contributed by atoms with E-state index in [0.717, 1.165) is 11.4 Å². The molecule has 28 heavy (non-hydrogen) atoms. The number of rotatable bonds is 3. The van der Waals surface area contributed by atoms with Crippen LogP contribution in [0.5, 0.6) is 0 Å². The summed E-state index contributed by atoms with van der Waals surface area (Å²) in [5, 5.41) is 3.44. The Morgan fingerprint density at radius 1 is 1.00 bits per heavy atom.